The monoisotopic (exact) mass is 594 g/mol. The average molecular weight is 595 g/mol. The topological polar surface area (TPSA) is 68.3 Å². The molecule has 1 saturated heterocycles. The molecule has 1 fully saturated rings. The molecule has 230 valence electrons. The van der Waals surface area contributed by atoms with Crippen LogP contribution < -0.4 is 14.4 Å². The van der Waals surface area contributed by atoms with Gasteiger partial charge in [0.15, 0.2) is 0 Å². The number of amides is 1. The number of carbonyl (C=O) groups is 2. The van der Waals surface area contributed by atoms with Gasteiger partial charge in [-0.05, 0) is 66.6 Å². The van der Waals surface area contributed by atoms with Crippen LogP contribution in [0.15, 0.2) is 84.9 Å². The lowest BCUT2D eigenvalue weighted by Gasteiger charge is -2.28. The second kappa shape index (κ2) is 13.6. The van der Waals surface area contributed by atoms with Crippen LogP contribution >= 0.6 is 0 Å². The molecule has 1 amide bonds. The van der Waals surface area contributed by atoms with Crippen molar-refractivity contribution in [2.45, 2.75) is 46.1 Å². The Morgan fingerprint density at radius 2 is 1.52 bits per heavy atom. The molecule has 0 radical (unpaired) electrons. The molecule has 1 aliphatic heterocycles. The van der Waals surface area contributed by atoms with Crippen molar-refractivity contribution in [3.8, 4) is 11.5 Å². The van der Waals surface area contributed by atoms with E-state index in [0.29, 0.717) is 40.4 Å². The van der Waals surface area contributed by atoms with E-state index in [1.54, 1.807) is 12.1 Å². The van der Waals surface area contributed by atoms with Gasteiger partial charge in [0, 0.05) is 36.3 Å². The van der Waals surface area contributed by atoms with Crippen molar-refractivity contribution in [2.75, 3.05) is 44.4 Å². The highest BCUT2D eigenvalue weighted by molar-refractivity contribution is 6.50. The molecule has 7 nitrogen and oxygen atoms in total. The molecule has 1 heterocycles. The molecule has 4 aromatic rings. The van der Waals surface area contributed by atoms with Gasteiger partial charge in [0.05, 0.1) is 25.0 Å². The van der Waals surface area contributed by atoms with E-state index in [2.05, 4.69) is 25.7 Å². The van der Waals surface area contributed by atoms with Crippen LogP contribution in [-0.2, 0) is 14.9 Å². The molecule has 0 unspecified atom stereocenters. The number of morpholine rings is 1. The molecule has 1 aliphatic rings. The zero-order chi connectivity index (χ0) is 31.3. The smallest absolute Gasteiger partial charge is 0.304 e. The van der Waals surface area contributed by atoms with E-state index in [1.165, 1.54) is 4.90 Å². The van der Waals surface area contributed by atoms with Gasteiger partial charge in [-0.25, -0.2) is 0 Å². The van der Waals surface area contributed by atoms with Crippen molar-refractivity contribution < 1.29 is 23.8 Å². The standard InChI is InChI=1S/C37H42N2O5/c1-26(2)44-34-17-15-27(37(3,4)5)25-32(34)39(28-11-7-6-8-12-28)36(41)35(40)31-16-18-33(30-14-10-9-13-29(30)31)43-24-21-38-19-22-42-23-20-38/h6-18,25-26H,19-24H2,1-5H3. The number of para-hydroxylation sites is 1. The zero-order valence-electron chi connectivity index (χ0n) is 26.3. The summed E-state index contributed by atoms with van der Waals surface area (Å²) in [5.74, 6) is -0.0567. The van der Waals surface area contributed by atoms with Crippen molar-refractivity contribution in [1.82, 2.24) is 4.90 Å². The van der Waals surface area contributed by atoms with Gasteiger partial charge in [-0.1, -0.05) is 69.3 Å². The summed E-state index contributed by atoms with van der Waals surface area (Å²) in [4.78, 5) is 32.4. The van der Waals surface area contributed by atoms with Crippen LogP contribution in [0.25, 0.3) is 10.8 Å². The molecule has 0 N–H and O–H groups in total. The Morgan fingerprint density at radius 3 is 2.20 bits per heavy atom. The Labute approximate surface area is 260 Å². The second-order valence-corrected chi connectivity index (χ2v) is 12.4. The Hall–Kier alpha value is -4.20. The summed E-state index contributed by atoms with van der Waals surface area (Å²) in [5.41, 5.74) is 2.27. The molecule has 0 saturated carbocycles. The van der Waals surface area contributed by atoms with Gasteiger partial charge >= 0.3 is 5.91 Å². The minimum atomic E-state index is -0.665. The molecule has 0 atom stereocenters. The van der Waals surface area contributed by atoms with Gasteiger partial charge in [0.2, 0.25) is 0 Å². The fourth-order valence-corrected chi connectivity index (χ4v) is 5.38. The third-order valence-corrected chi connectivity index (χ3v) is 7.74. The summed E-state index contributed by atoms with van der Waals surface area (Å²) in [6, 6.07) is 26.2. The summed E-state index contributed by atoms with van der Waals surface area (Å²) < 4.78 is 17.8. The molecule has 44 heavy (non-hydrogen) atoms. The lowest BCUT2D eigenvalue weighted by molar-refractivity contribution is -0.114. The van der Waals surface area contributed by atoms with Crippen LogP contribution in [0.1, 0.15) is 50.5 Å². The number of Topliss-reactive ketones (excluding diaryl/α,β-unsaturated/α-hetero) is 1. The third kappa shape index (κ3) is 7.12. The summed E-state index contributed by atoms with van der Waals surface area (Å²) in [7, 11) is 0. The molecule has 0 aromatic heterocycles. The van der Waals surface area contributed by atoms with Gasteiger partial charge in [0.25, 0.3) is 5.78 Å². The van der Waals surface area contributed by atoms with Crippen molar-refractivity contribution >= 4 is 33.8 Å². The van der Waals surface area contributed by atoms with Crippen LogP contribution in [-0.4, -0.2) is 62.1 Å². The van der Waals surface area contributed by atoms with Crippen molar-refractivity contribution in [3.63, 3.8) is 0 Å². The predicted molar refractivity (Wildman–Crippen MR) is 176 cm³/mol. The van der Waals surface area contributed by atoms with Crippen LogP contribution in [0.3, 0.4) is 0 Å². The number of benzene rings is 4. The molecule has 0 bridgehead atoms. The lowest BCUT2D eigenvalue weighted by Crippen LogP contribution is -2.38. The first-order chi connectivity index (χ1) is 21.1. The number of hydrogen-bond donors (Lipinski definition) is 0. The van der Waals surface area contributed by atoms with Gasteiger partial charge in [-0.2, -0.15) is 0 Å². The molecule has 5 rings (SSSR count). The fraction of sp³-hybridized carbons (Fsp3) is 0.351. The quantitative estimate of drug-likeness (QED) is 0.143. The Balaban J connectivity index is 1.52. The zero-order valence-corrected chi connectivity index (χ0v) is 26.3. The number of rotatable bonds is 10. The Morgan fingerprint density at radius 1 is 0.864 bits per heavy atom. The van der Waals surface area contributed by atoms with E-state index >= 15 is 0 Å². The van der Waals surface area contributed by atoms with E-state index in [0.717, 1.165) is 43.8 Å². The minimum absolute atomic E-state index is 0.127. The number of ether oxygens (including phenoxy) is 3. The molecule has 4 aromatic carbocycles. The van der Waals surface area contributed by atoms with Crippen molar-refractivity contribution in [3.05, 3.63) is 96.1 Å². The largest absolute Gasteiger partial charge is 0.492 e. The summed E-state index contributed by atoms with van der Waals surface area (Å²) in [6.45, 7) is 14.8. The maximum Gasteiger partial charge on any atom is 0.304 e. The molecule has 7 heteroatoms. The van der Waals surface area contributed by atoms with Gasteiger partial charge in [0.1, 0.15) is 18.1 Å². The minimum Gasteiger partial charge on any atom is -0.492 e. The average Bonchev–Trinajstić information content (AvgIpc) is 3.02. The highest BCUT2D eigenvalue weighted by atomic mass is 16.5. The maximum atomic E-state index is 14.4. The molecule has 0 aliphatic carbocycles. The first-order valence-electron chi connectivity index (χ1n) is 15.3. The van der Waals surface area contributed by atoms with E-state index < -0.39 is 11.7 Å². The normalized spacial score (nSPS) is 14.0. The highest BCUT2D eigenvalue weighted by Crippen LogP contribution is 2.39. The SMILES string of the molecule is CC(C)Oc1ccc(C(C)(C)C)cc1N(C(=O)C(=O)c1ccc(OCCN2CCOCC2)c2ccccc12)c1ccccc1. The van der Waals surface area contributed by atoms with Gasteiger partial charge < -0.3 is 14.2 Å². The number of fused-ring (bicyclic) bond motifs is 1. The van der Waals surface area contributed by atoms with Gasteiger partial charge in [-0.3, -0.25) is 19.4 Å². The molecular formula is C37H42N2O5. The number of nitrogens with zero attached hydrogens (tertiary/aromatic N) is 2. The summed E-state index contributed by atoms with van der Waals surface area (Å²) in [5, 5.41) is 1.46. The van der Waals surface area contributed by atoms with Crippen LogP contribution in [0.5, 0.6) is 11.5 Å². The van der Waals surface area contributed by atoms with Crippen LogP contribution in [0.2, 0.25) is 0 Å². The number of anilines is 2. The number of carbonyl (C=O) groups excluding carboxylic acids is 2. The molecule has 0 spiro atoms. The predicted octanol–water partition coefficient (Wildman–Crippen LogP) is 7.18. The number of ketones is 1. The third-order valence-electron chi connectivity index (χ3n) is 7.74. The number of hydrogen-bond acceptors (Lipinski definition) is 6. The first-order valence-corrected chi connectivity index (χ1v) is 15.3. The van der Waals surface area contributed by atoms with Gasteiger partial charge in [-0.15, -0.1) is 0 Å². The Kier molecular flexibility index (Phi) is 9.67. The van der Waals surface area contributed by atoms with Crippen LogP contribution in [0, 0.1) is 0 Å². The second-order valence-electron chi connectivity index (χ2n) is 12.4. The van der Waals surface area contributed by atoms with Crippen LogP contribution in [0.4, 0.5) is 11.4 Å². The van der Waals surface area contributed by atoms with Crippen molar-refractivity contribution in [1.29, 1.82) is 0 Å². The van der Waals surface area contributed by atoms with E-state index in [1.807, 2.05) is 86.6 Å². The summed E-state index contributed by atoms with van der Waals surface area (Å²) >= 11 is 0. The maximum absolute atomic E-state index is 14.4. The highest BCUT2D eigenvalue weighted by Gasteiger charge is 2.31. The Bertz CT molecular complexity index is 1600. The summed E-state index contributed by atoms with van der Waals surface area (Å²) in [6.07, 6.45) is -0.127. The van der Waals surface area contributed by atoms with Crippen molar-refractivity contribution in [2.24, 2.45) is 0 Å². The lowest BCUT2D eigenvalue weighted by atomic mass is 9.86. The van der Waals surface area contributed by atoms with E-state index in [-0.39, 0.29) is 11.5 Å². The molecular weight excluding hydrogens is 552 g/mol. The van der Waals surface area contributed by atoms with E-state index in [9.17, 15) is 9.59 Å². The van der Waals surface area contributed by atoms with E-state index in [4.69, 9.17) is 14.2 Å². The fourth-order valence-electron chi connectivity index (χ4n) is 5.38. The first kappa shape index (κ1) is 31.2.